The van der Waals surface area contributed by atoms with Crippen LogP contribution in [0.2, 0.25) is 0 Å². The molecule has 1 rings (SSSR count). The maximum absolute atomic E-state index is 11.3. The van der Waals surface area contributed by atoms with Crippen LogP contribution in [-0.4, -0.2) is 25.1 Å². The molecule has 1 aliphatic rings. The number of carbonyl (C=O) groups excluding carboxylic acids is 1. The number of carbonyl (C=O) groups is 1. The van der Waals surface area contributed by atoms with Crippen molar-refractivity contribution in [1.29, 1.82) is 0 Å². The maximum Gasteiger partial charge on any atom is 0.222 e. The quantitative estimate of drug-likeness (QED) is 0.691. The first-order chi connectivity index (χ1) is 6.79. The summed E-state index contributed by atoms with van der Waals surface area (Å²) in [6, 6.07) is -0.139. The first-order valence-electron chi connectivity index (χ1n) is 5.78. The molecule has 0 aromatic carbocycles. The monoisotopic (exact) mass is 174 g/mol. The summed E-state index contributed by atoms with van der Waals surface area (Å²) in [5, 5.41) is 2.77. The Morgan fingerprint density at radius 3 is 2.83 bits per heavy atom. The molecule has 0 aromatic heterocycles. The molecule has 0 saturated heterocycles. The van der Waals surface area contributed by atoms with Crippen LogP contribution in [0.4, 0.5) is 0 Å². The fourth-order valence-electron chi connectivity index (χ4n) is 1.12. The van der Waals surface area contributed by atoms with E-state index in [2.05, 4.69) is 5.32 Å². The van der Waals surface area contributed by atoms with Crippen LogP contribution >= 0.6 is 0 Å². The van der Waals surface area contributed by atoms with E-state index in [-0.39, 0.29) is 24.0 Å². The summed E-state index contributed by atoms with van der Waals surface area (Å²) in [5.41, 5.74) is 0. The average molecular weight is 174 g/mol. The van der Waals surface area contributed by atoms with E-state index in [0.717, 1.165) is 6.42 Å². The van der Waals surface area contributed by atoms with Crippen LogP contribution in [0.1, 0.15) is 30.8 Å². The zero-order valence-corrected chi connectivity index (χ0v) is 7.46. The number of rotatable bonds is 3. The maximum atomic E-state index is 11.3. The molecule has 1 N–H and O–H groups in total. The van der Waals surface area contributed by atoms with Crippen molar-refractivity contribution in [3.63, 3.8) is 0 Å². The third-order valence-electron chi connectivity index (χ3n) is 2.21. The molecular weight excluding hydrogens is 154 g/mol. The van der Waals surface area contributed by atoms with Crippen LogP contribution in [-0.2, 0) is 9.53 Å². The molecule has 2 atom stereocenters. The summed E-state index contributed by atoms with van der Waals surface area (Å²) >= 11 is 0. The van der Waals surface area contributed by atoms with E-state index in [9.17, 15) is 4.79 Å². The minimum absolute atomic E-state index is 0.0566. The lowest BCUT2D eigenvalue weighted by atomic mass is 9.88. The van der Waals surface area contributed by atoms with Crippen molar-refractivity contribution in [2.45, 2.75) is 38.8 Å². The van der Waals surface area contributed by atoms with Crippen molar-refractivity contribution in [2.24, 2.45) is 5.92 Å². The predicted molar refractivity (Wildman–Crippen MR) is 46.8 cm³/mol. The normalized spacial score (nSPS) is 33.1. The second kappa shape index (κ2) is 3.90. The summed E-state index contributed by atoms with van der Waals surface area (Å²) in [4.78, 5) is 11.3. The highest BCUT2D eigenvalue weighted by atomic mass is 16.5. The lowest BCUT2D eigenvalue weighted by Crippen LogP contribution is -2.52. The zero-order valence-electron chi connectivity index (χ0n) is 10.5. The number of ether oxygens (including phenoxy) is 1. The molecule has 70 valence electrons. The first-order valence-corrected chi connectivity index (χ1v) is 4.28. The zero-order chi connectivity index (χ0) is 11.6. The van der Waals surface area contributed by atoms with Gasteiger partial charge in [0.05, 0.1) is 16.3 Å². The first kappa shape index (κ1) is 5.97. The Morgan fingerprint density at radius 2 is 2.42 bits per heavy atom. The van der Waals surface area contributed by atoms with Gasteiger partial charge in [-0.05, 0) is 12.8 Å². The summed E-state index contributed by atoms with van der Waals surface area (Å²) in [6.45, 7) is 3.60. The van der Waals surface area contributed by atoms with Gasteiger partial charge in [0, 0.05) is 13.0 Å². The van der Waals surface area contributed by atoms with Crippen LogP contribution < -0.4 is 5.32 Å². The Balaban J connectivity index is 2.36. The number of nitrogens with one attached hydrogen (secondary N) is 1. The lowest BCUT2D eigenvalue weighted by Gasteiger charge is -2.36. The molecule has 12 heavy (non-hydrogen) atoms. The molecule has 1 aliphatic carbocycles. The molecule has 0 aliphatic heterocycles. The van der Waals surface area contributed by atoms with Crippen LogP contribution in [0.25, 0.3) is 0 Å². The largest absolute Gasteiger partial charge is 0.379 e. The summed E-state index contributed by atoms with van der Waals surface area (Å²) in [7, 11) is -2.37. The van der Waals surface area contributed by atoms with E-state index in [1.54, 1.807) is 13.8 Å². The van der Waals surface area contributed by atoms with E-state index in [1.165, 1.54) is 0 Å². The summed E-state index contributed by atoms with van der Waals surface area (Å²) in [6.07, 6.45) is 1.13. The van der Waals surface area contributed by atoms with Crippen LogP contribution in [0.15, 0.2) is 0 Å². The Kier molecular flexibility index (Phi) is 1.94. The van der Waals surface area contributed by atoms with Gasteiger partial charge in [-0.2, -0.15) is 0 Å². The standard InChI is InChI=1S/C9H17NO2/c1-6(2)9(11)10-7-4-5-8(7)12-3/h6-8H,4-5H2,1-3H3,(H,10,11)/t7-,8?/m0/s1/i3D3. The van der Waals surface area contributed by atoms with Gasteiger partial charge < -0.3 is 10.1 Å². The highest BCUT2D eigenvalue weighted by Crippen LogP contribution is 2.22. The molecule has 1 unspecified atom stereocenters. The number of hydrogen-bond acceptors (Lipinski definition) is 2. The van der Waals surface area contributed by atoms with Gasteiger partial charge in [0.25, 0.3) is 0 Å². The van der Waals surface area contributed by atoms with Crippen LogP contribution in [0, 0.1) is 5.92 Å². The van der Waals surface area contributed by atoms with Gasteiger partial charge in [-0.1, -0.05) is 13.8 Å². The minimum Gasteiger partial charge on any atom is -0.379 e. The van der Waals surface area contributed by atoms with E-state index in [1.807, 2.05) is 0 Å². The van der Waals surface area contributed by atoms with Crippen LogP contribution in [0.5, 0.6) is 0 Å². The fourth-order valence-corrected chi connectivity index (χ4v) is 1.12. The topological polar surface area (TPSA) is 38.3 Å². The van der Waals surface area contributed by atoms with Gasteiger partial charge in [-0.3, -0.25) is 4.79 Å². The molecule has 3 nitrogen and oxygen atoms in total. The molecule has 1 amide bonds. The van der Waals surface area contributed by atoms with Crippen molar-refractivity contribution in [2.75, 3.05) is 7.04 Å². The van der Waals surface area contributed by atoms with Crippen molar-refractivity contribution in [1.82, 2.24) is 5.32 Å². The highest BCUT2D eigenvalue weighted by molar-refractivity contribution is 5.78. The van der Waals surface area contributed by atoms with Gasteiger partial charge in [0.15, 0.2) is 0 Å². The van der Waals surface area contributed by atoms with Crippen molar-refractivity contribution >= 4 is 5.91 Å². The molecule has 0 spiro atoms. The van der Waals surface area contributed by atoms with Gasteiger partial charge in [-0.25, -0.2) is 0 Å². The van der Waals surface area contributed by atoms with Gasteiger partial charge in [0.1, 0.15) is 0 Å². The Morgan fingerprint density at radius 1 is 1.67 bits per heavy atom. The van der Waals surface area contributed by atoms with E-state index in [4.69, 9.17) is 8.85 Å². The number of amides is 1. The van der Waals surface area contributed by atoms with Gasteiger partial charge >= 0.3 is 0 Å². The molecule has 0 bridgehead atoms. The van der Waals surface area contributed by atoms with Crippen molar-refractivity contribution in [3.05, 3.63) is 0 Å². The van der Waals surface area contributed by atoms with Crippen molar-refractivity contribution < 1.29 is 13.6 Å². The summed E-state index contributed by atoms with van der Waals surface area (Å²) < 4.78 is 25.7. The van der Waals surface area contributed by atoms with E-state index < -0.39 is 7.04 Å². The molecule has 1 fully saturated rings. The minimum atomic E-state index is -2.37. The van der Waals surface area contributed by atoms with Gasteiger partial charge in [0.2, 0.25) is 5.91 Å². The fraction of sp³-hybridized carbons (Fsp3) is 0.889. The number of hydrogen-bond donors (Lipinski definition) is 1. The Bertz CT molecular complexity index is 240. The SMILES string of the molecule is [2H]C([2H])([2H])OC1CC[C@@H]1NC(=O)C(C)C. The molecule has 0 radical (unpaired) electrons. The van der Waals surface area contributed by atoms with E-state index in [0.29, 0.717) is 6.42 Å². The summed E-state index contributed by atoms with van der Waals surface area (Å²) in [5.74, 6) is -0.141. The van der Waals surface area contributed by atoms with Crippen LogP contribution in [0.3, 0.4) is 0 Å². The second-order valence-corrected chi connectivity index (χ2v) is 3.50. The molecule has 0 aromatic rings. The Hall–Kier alpha value is -0.570. The van der Waals surface area contributed by atoms with E-state index >= 15 is 0 Å². The second-order valence-electron chi connectivity index (χ2n) is 3.50. The Labute approximate surface area is 77.7 Å². The van der Waals surface area contributed by atoms with Crippen molar-refractivity contribution in [3.8, 4) is 0 Å². The third kappa shape index (κ3) is 1.97. The highest BCUT2D eigenvalue weighted by Gasteiger charge is 2.32. The molecule has 0 heterocycles. The number of methoxy groups -OCH3 is 1. The molecule has 1 saturated carbocycles. The average Bonchev–Trinajstić information content (AvgIpc) is 2.06. The smallest absolute Gasteiger partial charge is 0.222 e. The predicted octanol–water partition coefficient (Wildman–Crippen LogP) is 0.936. The molecular formula is C9H17NO2. The third-order valence-corrected chi connectivity index (χ3v) is 2.21. The molecule has 3 heteroatoms. The lowest BCUT2D eigenvalue weighted by molar-refractivity contribution is -0.127. The van der Waals surface area contributed by atoms with Gasteiger partial charge in [-0.15, -0.1) is 0 Å².